The number of thiophene rings is 1. The van der Waals surface area contributed by atoms with Crippen LogP contribution in [-0.2, 0) is 6.42 Å². The number of rotatable bonds is 5. The third-order valence-corrected chi connectivity index (χ3v) is 3.56. The van der Waals surface area contributed by atoms with Gasteiger partial charge in [0.05, 0.1) is 0 Å². The van der Waals surface area contributed by atoms with Crippen molar-refractivity contribution in [3.63, 3.8) is 0 Å². The van der Waals surface area contributed by atoms with Crippen molar-refractivity contribution in [2.75, 3.05) is 0 Å². The molecule has 2 rings (SSSR count). The van der Waals surface area contributed by atoms with Crippen LogP contribution in [0.25, 0.3) is 0 Å². The van der Waals surface area contributed by atoms with Crippen LogP contribution in [0.5, 0.6) is 0 Å². The first kappa shape index (κ1) is 14.2. The number of hydrogen-bond acceptors (Lipinski definition) is 4. The molecule has 0 aliphatic heterocycles. The standard InChI is InChI=1S/C14H14N2O3S/c1-9(8-10-4-3-7-20-10)15-13(17)11-5-2-6-12(16-11)14(18)19/h2-7,9H,8H2,1H3,(H,15,17)(H,18,19). The molecule has 2 heterocycles. The zero-order valence-corrected chi connectivity index (χ0v) is 11.7. The maximum absolute atomic E-state index is 12.0. The lowest BCUT2D eigenvalue weighted by atomic mass is 10.2. The average Bonchev–Trinajstić information content (AvgIpc) is 2.91. The van der Waals surface area contributed by atoms with E-state index in [-0.39, 0.29) is 23.3 Å². The SMILES string of the molecule is CC(Cc1cccs1)NC(=O)c1cccc(C(=O)O)n1. The highest BCUT2D eigenvalue weighted by molar-refractivity contribution is 7.09. The molecule has 20 heavy (non-hydrogen) atoms. The molecular formula is C14H14N2O3S. The number of hydrogen-bond donors (Lipinski definition) is 2. The molecule has 0 radical (unpaired) electrons. The van der Waals surface area contributed by atoms with Crippen LogP contribution in [0.15, 0.2) is 35.7 Å². The summed E-state index contributed by atoms with van der Waals surface area (Å²) in [5.41, 5.74) is -0.0218. The lowest BCUT2D eigenvalue weighted by Crippen LogP contribution is -2.34. The number of carbonyl (C=O) groups excluding carboxylic acids is 1. The number of nitrogens with zero attached hydrogens (tertiary/aromatic N) is 1. The van der Waals surface area contributed by atoms with Gasteiger partial charge in [-0.2, -0.15) is 0 Å². The van der Waals surface area contributed by atoms with E-state index in [1.54, 1.807) is 11.3 Å². The summed E-state index contributed by atoms with van der Waals surface area (Å²) in [6.07, 6.45) is 0.738. The Morgan fingerprint density at radius 3 is 2.70 bits per heavy atom. The number of carbonyl (C=O) groups is 2. The van der Waals surface area contributed by atoms with Crippen LogP contribution in [0.1, 0.15) is 32.8 Å². The quantitative estimate of drug-likeness (QED) is 0.884. The van der Waals surface area contributed by atoms with Crippen molar-refractivity contribution in [3.05, 3.63) is 52.0 Å². The van der Waals surface area contributed by atoms with Gasteiger partial charge in [-0.05, 0) is 30.5 Å². The minimum absolute atomic E-state index is 0.0450. The van der Waals surface area contributed by atoms with Gasteiger partial charge in [-0.1, -0.05) is 12.1 Å². The van der Waals surface area contributed by atoms with E-state index < -0.39 is 5.97 Å². The Bertz CT molecular complexity index is 611. The third-order valence-electron chi connectivity index (χ3n) is 2.67. The molecular weight excluding hydrogens is 276 g/mol. The van der Waals surface area contributed by atoms with Gasteiger partial charge in [0.1, 0.15) is 11.4 Å². The topological polar surface area (TPSA) is 79.3 Å². The van der Waals surface area contributed by atoms with E-state index in [1.807, 2.05) is 24.4 Å². The fourth-order valence-corrected chi connectivity index (χ4v) is 2.59. The zero-order chi connectivity index (χ0) is 14.5. The Kier molecular flexibility index (Phi) is 4.47. The van der Waals surface area contributed by atoms with Crippen LogP contribution in [0.2, 0.25) is 0 Å². The van der Waals surface area contributed by atoms with Crippen molar-refractivity contribution in [3.8, 4) is 0 Å². The van der Waals surface area contributed by atoms with Gasteiger partial charge >= 0.3 is 5.97 Å². The van der Waals surface area contributed by atoms with E-state index in [2.05, 4.69) is 10.3 Å². The highest BCUT2D eigenvalue weighted by atomic mass is 32.1. The Morgan fingerprint density at radius 1 is 1.30 bits per heavy atom. The van der Waals surface area contributed by atoms with Gasteiger partial charge in [-0.15, -0.1) is 11.3 Å². The monoisotopic (exact) mass is 290 g/mol. The van der Waals surface area contributed by atoms with Gasteiger partial charge in [0.15, 0.2) is 0 Å². The molecule has 0 aromatic carbocycles. The average molecular weight is 290 g/mol. The molecule has 2 aromatic heterocycles. The van der Waals surface area contributed by atoms with Crippen molar-refractivity contribution >= 4 is 23.2 Å². The van der Waals surface area contributed by atoms with E-state index in [1.165, 1.54) is 23.1 Å². The van der Waals surface area contributed by atoms with Crippen molar-refractivity contribution < 1.29 is 14.7 Å². The second-order valence-electron chi connectivity index (χ2n) is 4.37. The summed E-state index contributed by atoms with van der Waals surface area (Å²) in [5.74, 6) is -1.51. The summed E-state index contributed by atoms with van der Waals surface area (Å²) in [7, 11) is 0. The van der Waals surface area contributed by atoms with E-state index >= 15 is 0 Å². The van der Waals surface area contributed by atoms with E-state index in [0.29, 0.717) is 0 Å². The van der Waals surface area contributed by atoms with Gasteiger partial charge in [-0.3, -0.25) is 4.79 Å². The second kappa shape index (κ2) is 6.29. The zero-order valence-electron chi connectivity index (χ0n) is 10.9. The maximum atomic E-state index is 12.0. The lowest BCUT2D eigenvalue weighted by molar-refractivity contribution is 0.0690. The Morgan fingerprint density at radius 2 is 2.05 bits per heavy atom. The second-order valence-corrected chi connectivity index (χ2v) is 5.40. The molecule has 6 heteroatoms. The summed E-state index contributed by atoms with van der Waals surface area (Å²) in [5, 5.41) is 13.7. The molecule has 0 fully saturated rings. The number of pyridine rings is 1. The van der Waals surface area contributed by atoms with Crippen LogP contribution in [-0.4, -0.2) is 28.0 Å². The molecule has 2 N–H and O–H groups in total. The fourth-order valence-electron chi connectivity index (χ4n) is 1.76. The van der Waals surface area contributed by atoms with Gasteiger partial charge in [0, 0.05) is 17.3 Å². The molecule has 0 bridgehead atoms. The van der Waals surface area contributed by atoms with Crippen LogP contribution in [0, 0.1) is 0 Å². The molecule has 5 nitrogen and oxygen atoms in total. The summed E-state index contributed by atoms with van der Waals surface area (Å²) in [6.45, 7) is 1.90. The first-order valence-electron chi connectivity index (χ1n) is 6.10. The predicted octanol–water partition coefficient (Wildman–Crippen LogP) is 2.20. The number of nitrogens with one attached hydrogen (secondary N) is 1. The molecule has 0 saturated carbocycles. The largest absolute Gasteiger partial charge is 0.477 e. The molecule has 1 unspecified atom stereocenters. The summed E-state index contributed by atoms with van der Waals surface area (Å²) in [6, 6.07) is 8.29. The summed E-state index contributed by atoms with van der Waals surface area (Å²) in [4.78, 5) is 27.8. The van der Waals surface area contributed by atoms with Crippen LogP contribution >= 0.6 is 11.3 Å². The first-order chi connectivity index (χ1) is 9.56. The molecule has 0 saturated heterocycles. The molecule has 104 valence electrons. The number of carboxylic acids is 1. The highest BCUT2D eigenvalue weighted by Crippen LogP contribution is 2.11. The number of amides is 1. The summed E-state index contributed by atoms with van der Waals surface area (Å²) < 4.78 is 0. The molecule has 1 amide bonds. The number of aromatic nitrogens is 1. The fraction of sp³-hybridized carbons (Fsp3) is 0.214. The van der Waals surface area contributed by atoms with Crippen molar-refractivity contribution in [2.24, 2.45) is 0 Å². The number of aromatic carboxylic acids is 1. The molecule has 1 atom stereocenters. The molecule has 0 aliphatic carbocycles. The van der Waals surface area contributed by atoms with Gasteiger partial charge in [-0.25, -0.2) is 9.78 Å². The Balaban J connectivity index is 2.00. The van der Waals surface area contributed by atoms with Crippen molar-refractivity contribution in [1.82, 2.24) is 10.3 Å². The Hall–Kier alpha value is -2.21. The highest BCUT2D eigenvalue weighted by Gasteiger charge is 2.14. The van der Waals surface area contributed by atoms with E-state index in [0.717, 1.165) is 6.42 Å². The van der Waals surface area contributed by atoms with Crippen LogP contribution in [0.3, 0.4) is 0 Å². The van der Waals surface area contributed by atoms with Gasteiger partial charge < -0.3 is 10.4 Å². The molecule has 0 aliphatic rings. The molecule has 0 spiro atoms. The van der Waals surface area contributed by atoms with Crippen LogP contribution < -0.4 is 5.32 Å². The van der Waals surface area contributed by atoms with E-state index in [4.69, 9.17) is 5.11 Å². The van der Waals surface area contributed by atoms with Gasteiger partial charge in [0.25, 0.3) is 5.91 Å². The van der Waals surface area contributed by atoms with Crippen molar-refractivity contribution in [2.45, 2.75) is 19.4 Å². The maximum Gasteiger partial charge on any atom is 0.354 e. The lowest BCUT2D eigenvalue weighted by Gasteiger charge is -2.12. The number of carboxylic acid groups (broad SMARTS) is 1. The molecule has 2 aromatic rings. The Labute approximate surface area is 120 Å². The van der Waals surface area contributed by atoms with Crippen LogP contribution in [0.4, 0.5) is 0 Å². The first-order valence-corrected chi connectivity index (χ1v) is 6.98. The van der Waals surface area contributed by atoms with Crippen molar-refractivity contribution in [1.29, 1.82) is 0 Å². The summed E-state index contributed by atoms with van der Waals surface area (Å²) >= 11 is 1.64. The normalized spacial score (nSPS) is 11.8. The van der Waals surface area contributed by atoms with E-state index in [9.17, 15) is 9.59 Å². The minimum atomic E-state index is -1.15. The minimum Gasteiger partial charge on any atom is -0.477 e. The smallest absolute Gasteiger partial charge is 0.354 e. The predicted molar refractivity (Wildman–Crippen MR) is 76.1 cm³/mol. The van der Waals surface area contributed by atoms with Gasteiger partial charge in [0.2, 0.25) is 0 Å². The third kappa shape index (κ3) is 3.64.